The van der Waals surface area contributed by atoms with Crippen LogP contribution in [0.4, 0.5) is 0 Å². The largest absolute Gasteiger partial charge is 0.481 e. The molecule has 0 aliphatic heterocycles. The fourth-order valence-corrected chi connectivity index (χ4v) is 2.83. The van der Waals surface area contributed by atoms with E-state index in [2.05, 4.69) is 21.2 Å². The Balaban J connectivity index is 2.55. The first kappa shape index (κ1) is 14.2. The zero-order valence-corrected chi connectivity index (χ0v) is 12.0. The van der Waals surface area contributed by atoms with Gasteiger partial charge in [0.05, 0.1) is 0 Å². The summed E-state index contributed by atoms with van der Waals surface area (Å²) in [6.07, 6.45) is -0.482. The minimum Gasteiger partial charge on any atom is -0.481 e. The lowest BCUT2D eigenvalue weighted by atomic mass is 9.91. The number of amides is 1. The van der Waals surface area contributed by atoms with E-state index in [0.717, 1.165) is 9.35 Å². The van der Waals surface area contributed by atoms with Crippen molar-refractivity contribution in [2.24, 2.45) is 0 Å². The van der Waals surface area contributed by atoms with Gasteiger partial charge in [0.2, 0.25) is 5.91 Å². The summed E-state index contributed by atoms with van der Waals surface area (Å²) >= 11 is 4.99. The molecule has 0 radical (unpaired) electrons. The number of rotatable bonds is 5. The maximum absolute atomic E-state index is 11.2. The molecule has 6 heteroatoms. The number of hydrogen-bond donors (Lipinski definition) is 2. The second kappa shape index (κ2) is 5.64. The maximum atomic E-state index is 11.2. The first-order chi connectivity index (χ1) is 7.81. The summed E-state index contributed by atoms with van der Waals surface area (Å²) in [5, 5.41) is 13.1. The third-order valence-electron chi connectivity index (χ3n) is 2.27. The molecule has 0 aliphatic carbocycles. The standard InChI is InChI=1S/C11H14BrNO3S/c1-11(2,8-3-7(12)5-17-8)6-13-9(14)4-10(15)16/h3,5H,4,6H2,1-2H3,(H,13,14)(H,15,16). The van der Waals surface area contributed by atoms with Crippen LogP contribution in [0.3, 0.4) is 0 Å². The number of carboxylic acids is 1. The van der Waals surface area contributed by atoms with Crippen molar-refractivity contribution in [3.8, 4) is 0 Å². The van der Waals surface area contributed by atoms with Crippen molar-refractivity contribution in [3.05, 3.63) is 20.8 Å². The Morgan fingerprint density at radius 3 is 2.65 bits per heavy atom. The molecule has 1 aromatic rings. The molecule has 0 saturated heterocycles. The Hall–Kier alpha value is -0.880. The van der Waals surface area contributed by atoms with Crippen molar-refractivity contribution in [1.29, 1.82) is 0 Å². The lowest BCUT2D eigenvalue weighted by Crippen LogP contribution is -2.36. The van der Waals surface area contributed by atoms with Crippen LogP contribution in [0.1, 0.15) is 25.1 Å². The van der Waals surface area contributed by atoms with Crippen LogP contribution in [0.2, 0.25) is 0 Å². The highest BCUT2D eigenvalue weighted by molar-refractivity contribution is 9.10. The topological polar surface area (TPSA) is 66.4 Å². The Morgan fingerprint density at radius 1 is 1.53 bits per heavy atom. The van der Waals surface area contributed by atoms with Crippen LogP contribution in [0.15, 0.2) is 15.9 Å². The fourth-order valence-electron chi connectivity index (χ4n) is 1.27. The number of halogens is 1. The van der Waals surface area contributed by atoms with E-state index in [-0.39, 0.29) is 5.41 Å². The zero-order valence-electron chi connectivity index (χ0n) is 9.62. The van der Waals surface area contributed by atoms with Crippen LogP contribution >= 0.6 is 27.3 Å². The lowest BCUT2D eigenvalue weighted by molar-refractivity contribution is -0.140. The molecule has 0 spiro atoms. The van der Waals surface area contributed by atoms with Gasteiger partial charge in [-0.3, -0.25) is 9.59 Å². The van der Waals surface area contributed by atoms with E-state index < -0.39 is 18.3 Å². The number of aliphatic carboxylic acids is 1. The lowest BCUT2D eigenvalue weighted by Gasteiger charge is -2.23. The molecular weight excluding hydrogens is 306 g/mol. The minimum absolute atomic E-state index is 0.204. The molecule has 0 saturated carbocycles. The molecule has 1 aromatic heterocycles. The van der Waals surface area contributed by atoms with Crippen molar-refractivity contribution >= 4 is 39.1 Å². The van der Waals surface area contributed by atoms with Gasteiger partial charge in [-0.15, -0.1) is 11.3 Å². The number of nitrogens with one attached hydrogen (secondary N) is 1. The van der Waals surface area contributed by atoms with E-state index >= 15 is 0 Å². The van der Waals surface area contributed by atoms with E-state index in [9.17, 15) is 9.59 Å². The molecule has 1 amide bonds. The molecule has 0 atom stereocenters. The van der Waals surface area contributed by atoms with Gasteiger partial charge in [0.25, 0.3) is 0 Å². The van der Waals surface area contributed by atoms with Gasteiger partial charge in [-0.1, -0.05) is 13.8 Å². The van der Waals surface area contributed by atoms with Crippen LogP contribution in [0.25, 0.3) is 0 Å². The van der Waals surface area contributed by atoms with Crippen molar-refractivity contribution in [1.82, 2.24) is 5.32 Å². The van der Waals surface area contributed by atoms with Gasteiger partial charge in [-0.25, -0.2) is 0 Å². The third kappa shape index (κ3) is 4.47. The van der Waals surface area contributed by atoms with Crippen molar-refractivity contribution < 1.29 is 14.7 Å². The number of carboxylic acid groups (broad SMARTS) is 1. The summed E-state index contributed by atoms with van der Waals surface area (Å²) in [7, 11) is 0. The highest BCUT2D eigenvalue weighted by Crippen LogP contribution is 2.30. The van der Waals surface area contributed by atoms with Gasteiger partial charge in [-0.2, -0.15) is 0 Å². The smallest absolute Gasteiger partial charge is 0.312 e. The summed E-state index contributed by atoms with van der Waals surface area (Å²) in [4.78, 5) is 22.7. The summed E-state index contributed by atoms with van der Waals surface area (Å²) in [5.41, 5.74) is -0.204. The van der Waals surface area contributed by atoms with Gasteiger partial charge in [0.15, 0.2) is 0 Å². The molecule has 1 rings (SSSR count). The molecule has 17 heavy (non-hydrogen) atoms. The van der Waals surface area contributed by atoms with E-state index in [1.807, 2.05) is 25.3 Å². The molecule has 0 unspecified atom stereocenters. The number of carbonyl (C=O) groups excluding carboxylic acids is 1. The molecule has 0 bridgehead atoms. The predicted octanol–water partition coefficient (Wildman–Crippen LogP) is 2.38. The Labute approximate surface area is 112 Å². The van der Waals surface area contributed by atoms with Crippen LogP contribution in [-0.4, -0.2) is 23.5 Å². The molecule has 4 nitrogen and oxygen atoms in total. The molecule has 94 valence electrons. The minimum atomic E-state index is -1.11. The summed E-state index contributed by atoms with van der Waals surface area (Å²) in [5.74, 6) is -1.57. The molecule has 2 N–H and O–H groups in total. The summed E-state index contributed by atoms with van der Waals surface area (Å²) in [6.45, 7) is 4.44. The number of thiophene rings is 1. The number of hydrogen-bond acceptors (Lipinski definition) is 3. The zero-order chi connectivity index (χ0) is 13.1. The number of carbonyl (C=O) groups is 2. The summed E-state index contributed by atoms with van der Waals surface area (Å²) in [6, 6.07) is 2.01. The van der Waals surface area contributed by atoms with Crippen molar-refractivity contribution in [3.63, 3.8) is 0 Å². The highest BCUT2D eigenvalue weighted by Gasteiger charge is 2.23. The second-order valence-corrected chi connectivity index (χ2v) is 6.19. The first-order valence-electron chi connectivity index (χ1n) is 5.04. The van der Waals surface area contributed by atoms with Crippen LogP contribution in [0, 0.1) is 0 Å². The normalized spacial score (nSPS) is 11.2. The maximum Gasteiger partial charge on any atom is 0.312 e. The van der Waals surface area contributed by atoms with E-state index in [0.29, 0.717) is 6.54 Å². The van der Waals surface area contributed by atoms with Gasteiger partial charge < -0.3 is 10.4 Å². The van der Waals surface area contributed by atoms with Crippen molar-refractivity contribution in [2.75, 3.05) is 6.54 Å². The van der Waals surface area contributed by atoms with Crippen molar-refractivity contribution in [2.45, 2.75) is 25.7 Å². The SMILES string of the molecule is CC(C)(CNC(=O)CC(=O)O)c1cc(Br)cs1. The van der Waals surface area contributed by atoms with Gasteiger partial charge in [-0.05, 0) is 22.0 Å². The van der Waals surface area contributed by atoms with E-state index in [4.69, 9.17) is 5.11 Å². The van der Waals surface area contributed by atoms with Crippen LogP contribution in [0.5, 0.6) is 0 Å². The Kier molecular flexibility index (Phi) is 4.70. The van der Waals surface area contributed by atoms with Gasteiger partial charge >= 0.3 is 5.97 Å². The molecule has 0 fully saturated rings. The Morgan fingerprint density at radius 2 is 2.18 bits per heavy atom. The molecule has 0 aliphatic rings. The van der Waals surface area contributed by atoms with Gasteiger partial charge in [0, 0.05) is 26.7 Å². The predicted molar refractivity (Wildman–Crippen MR) is 70.3 cm³/mol. The van der Waals surface area contributed by atoms with Crippen LogP contribution in [-0.2, 0) is 15.0 Å². The van der Waals surface area contributed by atoms with E-state index in [1.54, 1.807) is 11.3 Å². The summed E-state index contributed by atoms with van der Waals surface area (Å²) < 4.78 is 1.02. The third-order valence-corrected chi connectivity index (χ3v) is 4.33. The first-order valence-corrected chi connectivity index (χ1v) is 6.71. The monoisotopic (exact) mass is 319 g/mol. The van der Waals surface area contributed by atoms with Crippen LogP contribution < -0.4 is 5.32 Å². The Bertz CT molecular complexity index is 428. The molecule has 1 heterocycles. The highest BCUT2D eigenvalue weighted by atomic mass is 79.9. The average molecular weight is 320 g/mol. The quantitative estimate of drug-likeness (QED) is 0.819. The second-order valence-electron chi connectivity index (χ2n) is 4.36. The van der Waals surface area contributed by atoms with E-state index in [1.165, 1.54) is 0 Å². The van der Waals surface area contributed by atoms with Gasteiger partial charge in [0.1, 0.15) is 6.42 Å². The molecular formula is C11H14BrNO3S. The molecule has 0 aromatic carbocycles. The average Bonchev–Trinajstić information content (AvgIpc) is 2.62. The fraction of sp³-hybridized carbons (Fsp3) is 0.455.